The van der Waals surface area contributed by atoms with Crippen molar-refractivity contribution in [1.82, 2.24) is 0 Å². The van der Waals surface area contributed by atoms with Crippen LogP contribution in [0.5, 0.6) is 0 Å². The third kappa shape index (κ3) is 2.91. The molecular weight excluding hydrogens is 278 g/mol. The second-order valence-electron chi connectivity index (χ2n) is 4.88. The lowest BCUT2D eigenvalue weighted by molar-refractivity contribution is -0.147. The quantitative estimate of drug-likeness (QED) is 0.913. The summed E-state index contributed by atoms with van der Waals surface area (Å²) in [5.74, 6) is -3.57. The predicted molar refractivity (Wildman–Crippen MR) is 63.4 cm³/mol. The molecule has 104 valence electrons. The number of hydrogen-bond donors (Lipinski definition) is 1. The number of carbonyl (C=O) groups is 1. The van der Waals surface area contributed by atoms with Crippen molar-refractivity contribution in [3.63, 3.8) is 0 Å². The van der Waals surface area contributed by atoms with Gasteiger partial charge in [0, 0.05) is 6.07 Å². The van der Waals surface area contributed by atoms with E-state index < -0.39 is 38.6 Å². The van der Waals surface area contributed by atoms with E-state index in [-0.39, 0.29) is 24.2 Å². The van der Waals surface area contributed by atoms with Crippen LogP contribution in [0.2, 0.25) is 0 Å². The van der Waals surface area contributed by atoms with Gasteiger partial charge in [0.1, 0.15) is 11.6 Å². The molecule has 4 nitrogen and oxygen atoms in total. The normalized spacial score (nSPS) is 25.4. The molecule has 1 saturated heterocycles. The Balaban J connectivity index is 2.35. The van der Waals surface area contributed by atoms with Crippen LogP contribution in [0.4, 0.5) is 8.78 Å². The molecule has 1 heterocycles. The fraction of sp³-hybridized carbons (Fsp3) is 0.417. The number of carboxylic acid groups (broad SMARTS) is 1. The lowest BCUT2D eigenvalue weighted by atomic mass is 9.81. The zero-order valence-corrected chi connectivity index (χ0v) is 10.7. The summed E-state index contributed by atoms with van der Waals surface area (Å²) in [5, 5.41) is 9.24. The predicted octanol–water partition coefficient (Wildman–Crippen LogP) is 1.40. The van der Waals surface area contributed by atoms with Crippen molar-refractivity contribution in [3.8, 4) is 0 Å². The summed E-state index contributed by atoms with van der Waals surface area (Å²) in [6.45, 7) is 0. The van der Waals surface area contributed by atoms with Gasteiger partial charge in [-0.1, -0.05) is 0 Å². The van der Waals surface area contributed by atoms with E-state index in [2.05, 4.69) is 0 Å². The average Bonchev–Trinajstić information content (AvgIpc) is 2.53. The SMILES string of the molecule is O=C(O)C1(Cc2cc(F)cc(F)c2)CCS(=O)(=O)C1. The molecule has 1 aromatic rings. The van der Waals surface area contributed by atoms with Gasteiger partial charge >= 0.3 is 5.97 Å². The first-order chi connectivity index (χ1) is 8.72. The number of aliphatic carboxylic acids is 1. The van der Waals surface area contributed by atoms with Crippen LogP contribution in [0.1, 0.15) is 12.0 Å². The highest BCUT2D eigenvalue weighted by molar-refractivity contribution is 7.91. The molecule has 0 aromatic heterocycles. The summed E-state index contributed by atoms with van der Waals surface area (Å²) in [7, 11) is -3.41. The Labute approximate surface area is 109 Å². The van der Waals surface area contributed by atoms with Crippen molar-refractivity contribution < 1.29 is 27.1 Å². The van der Waals surface area contributed by atoms with E-state index in [9.17, 15) is 27.1 Å². The van der Waals surface area contributed by atoms with Gasteiger partial charge in [0.25, 0.3) is 0 Å². The van der Waals surface area contributed by atoms with Gasteiger partial charge in [-0.05, 0) is 30.5 Å². The van der Waals surface area contributed by atoms with Gasteiger partial charge in [-0.25, -0.2) is 17.2 Å². The summed E-state index contributed by atoms with van der Waals surface area (Å²) in [6, 6.07) is 2.74. The number of halogens is 2. The number of rotatable bonds is 3. The lowest BCUT2D eigenvalue weighted by Crippen LogP contribution is -2.34. The monoisotopic (exact) mass is 290 g/mol. The van der Waals surface area contributed by atoms with E-state index in [1.807, 2.05) is 0 Å². The van der Waals surface area contributed by atoms with Gasteiger partial charge in [0.2, 0.25) is 0 Å². The van der Waals surface area contributed by atoms with Gasteiger partial charge in [0.05, 0.1) is 16.9 Å². The molecule has 0 bridgehead atoms. The highest BCUT2D eigenvalue weighted by Gasteiger charge is 2.48. The fourth-order valence-corrected chi connectivity index (χ4v) is 4.46. The van der Waals surface area contributed by atoms with Crippen LogP contribution in [0.25, 0.3) is 0 Å². The fourth-order valence-electron chi connectivity index (χ4n) is 2.40. The second kappa shape index (κ2) is 4.56. The Hall–Kier alpha value is -1.50. The van der Waals surface area contributed by atoms with E-state index in [0.717, 1.165) is 12.1 Å². The highest BCUT2D eigenvalue weighted by Crippen LogP contribution is 2.36. The first-order valence-corrected chi connectivity index (χ1v) is 7.43. The molecule has 1 N–H and O–H groups in total. The Morgan fingerprint density at radius 1 is 1.26 bits per heavy atom. The van der Waals surface area contributed by atoms with Gasteiger partial charge in [-0.3, -0.25) is 4.79 Å². The minimum atomic E-state index is -3.41. The van der Waals surface area contributed by atoms with Crippen molar-refractivity contribution in [3.05, 3.63) is 35.4 Å². The van der Waals surface area contributed by atoms with Gasteiger partial charge in [-0.2, -0.15) is 0 Å². The van der Waals surface area contributed by atoms with Crippen LogP contribution < -0.4 is 0 Å². The molecule has 0 spiro atoms. The Morgan fingerprint density at radius 3 is 2.26 bits per heavy atom. The topological polar surface area (TPSA) is 71.4 Å². The largest absolute Gasteiger partial charge is 0.481 e. The summed E-state index contributed by atoms with van der Waals surface area (Å²) in [6.07, 6.45) is -0.237. The zero-order valence-electron chi connectivity index (χ0n) is 9.90. The molecule has 1 aromatic carbocycles. The minimum absolute atomic E-state index is 0.0389. The van der Waals surface area contributed by atoms with Crippen LogP contribution in [-0.2, 0) is 21.1 Å². The molecule has 1 atom stereocenters. The molecule has 0 aliphatic carbocycles. The van der Waals surface area contributed by atoms with Crippen molar-refractivity contribution >= 4 is 15.8 Å². The van der Waals surface area contributed by atoms with E-state index in [1.165, 1.54) is 0 Å². The van der Waals surface area contributed by atoms with E-state index in [4.69, 9.17) is 0 Å². The van der Waals surface area contributed by atoms with Gasteiger partial charge in [0.15, 0.2) is 9.84 Å². The highest BCUT2D eigenvalue weighted by atomic mass is 32.2. The van der Waals surface area contributed by atoms with Crippen LogP contribution in [0.15, 0.2) is 18.2 Å². The van der Waals surface area contributed by atoms with Crippen molar-refractivity contribution in [1.29, 1.82) is 0 Å². The summed E-state index contributed by atoms with van der Waals surface area (Å²) < 4.78 is 49.1. The third-order valence-electron chi connectivity index (χ3n) is 3.31. The molecule has 1 unspecified atom stereocenters. The van der Waals surface area contributed by atoms with Gasteiger partial charge < -0.3 is 5.11 Å². The zero-order chi connectivity index (χ0) is 14.3. The summed E-state index contributed by atoms with van der Waals surface area (Å²) >= 11 is 0. The molecule has 1 aliphatic heterocycles. The average molecular weight is 290 g/mol. The molecular formula is C12H12F2O4S. The molecule has 1 fully saturated rings. The summed E-state index contributed by atoms with van der Waals surface area (Å²) in [4.78, 5) is 11.3. The maximum Gasteiger partial charge on any atom is 0.311 e. The molecule has 0 radical (unpaired) electrons. The standard InChI is InChI=1S/C12H12F2O4S/c13-9-3-8(4-10(14)5-9)6-12(11(15)16)1-2-19(17,18)7-12/h3-5H,1-2,6-7H2,(H,15,16). The minimum Gasteiger partial charge on any atom is -0.481 e. The molecule has 0 amide bonds. The Kier molecular flexibility index (Phi) is 3.34. The van der Waals surface area contributed by atoms with Crippen LogP contribution in [-0.4, -0.2) is 31.0 Å². The Morgan fingerprint density at radius 2 is 1.84 bits per heavy atom. The van der Waals surface area contributed by atoms with E-state index >= 15 is 0 Å². The first-order valence-electron chi connectivity index (χ1n) is 5.61. The number of benzene rings is 1. The van der Waals surface area contributed by atoms with Gasteiger partial charge in [-0.15, -0.1) is 0 Å². The van der Waals surface area contributed by atoms with Crippen LogP contribution in [0, 0.1) is 17.0 Å². The maximum atomic E-state index is 13.1. The maximum absolute atomic E-state index is 13.1. The first kappa shape index (κ1) is 13.9. The lowest BCUT2D eigenvalue weighted by Gasteiger charge is -2.22. The third-order valence-corrected chi connectivity index (χ3v) is 5.12. The van der Waals surface area contributed by atoms with Crippen LogP contribution in [0.3, 0.4) is 0 Å². The van der Waals surface area contributed by atoms with Crippen LogP contribution >= 0.6 is 0 Å². The summed E-state index contributed by atoms with van der Waals surface area (Å²) in [5.41, 5.74) is -1.34. The molecule has 7 heteroatoms. The van der Waals surface area contributed by atoms with Crippen molar-refractivity contribution in [2.24, 2.45) is 5.41 Å². The second-order valence-corrected chi connectivity index (χ2v) is 7.07. The number of hydrogen-bond acceptors (Lipinski definition) is 3. The molecule has 2 rings (SSSR count). The van der Waals surface area contributed by atoms with Crippen molar-refractivity contribution in [2.45, 2.75) is 12.8 Å². The number of sulfone groups is 1. The Bertz CT molecular complexity index is 606. The number of carboxylic acids is 1. The van der Waals surface area contributed by atoms with E-state index in [1.54, 1.807) is 0 Å². The molecule has 19 heavy (non-hydrogen) atoms. The molecule has 0 saturated carbocycles. The molecule has 1 aliphatic rings. The van der Waals surface area contributed by atoms with Crippen molar-refractivity contribution in [2.75, 3.05) is 11.5 Å². The smallest absolute Gasteiger partial charge is 0.311 e. The van der Waals surface area contributed by atoms with E-state index in [0.29, 0.717) is 6.07 Å².